The van der Waals surface area contributed by atoms with Crippen molar-refractivity contribution in [1.29, 1.82) is 0 Å². The van der Waals surface area contributed by atoms with Crippen molar-refractivity contribution in [2.45, 2.75) is 31.1 Å². The number of methoxy groups -OCH3 is 1. The van der Waals surface area contributed by atoms with Crippen molar-refractivity contribution < 1.29 is 24.5 Å². The van der Waals surface area contributed by atoms with Gasteiger partial charge in [0.25, 0.3) is 0 Å². The van der Waals surface area contributed by atoms with Crippen molar-refractivity contribution in [1.82, 2.24) is 0 Å². The van der Waals surface area contributed by atoms with Crippen LogP contribution in [0.3, 0.4) is 0 Å². The highest BCUT2D eigenvalue weighted by Crippen LogP contribution is 2.55. The Kier molecular flexibility index (Phi) is 4.74. The minimum absolute atomic E-state index is 0.0392. The van der Waals surface area contributed by atoms with Gasteiger partial charge in [-0.25, -0.2) is 0 Å². The van der Waals surface area contributed by atoms with Crippen LogP contribution in [0.25, 0.3) is 21.9 Å². The number of hydrogen-bond acceptors (Lipinski definition) is 3. The monoisotopic (exact) mass is 390 g/mol. The fourth-order valence-electron chi connectivity index (χ4n) is 4.59. The molecule has 3 aromatic carbocycles. The molecular formula is C24H22O5. The summed E-state index contributed by atoms with van der Waals surface area (Å²) in [6.45, 7) is 0. The van der Waals surface area contributed by atoms with Crippen molar-refractivity contribution >= 4 is 22.7 Å². The zero-order valence-corrected chi connectivity index (χ0v) is 16.1. The topological polar surface area (TPSA) is 83.8 Å². The largest absolute Gasteiger partial charge is 0.497 e. The molecule has 0 unspecified atom stereocenters. The summed E-state index contributed by atoms with van der Waals surface area (Å²) < 4.78 is 5.43. The Morgan fingerprint density at radius 1 is 0.828 bits per heavy atom. The van der Waals surface area contributed by atoms with Crippen molar-refractivity contribution in [2.75, 3.05) is 7.11 Å². The average Bonchev–Trinajstić information content (AvgIpc) is 2.98. The Morgan fingerprint density at radius 2 is 1.41 bits per heavy atom. The lowest BCUT2D eigenvalue weighted by molar-refractivity contribution is -0.137. The van der Waals surface area contributed by atoms with E-state index < -0.39 is 17.4 Å². The van der Waals surface area contributed by atoms with Gasteiger partial charge in [0.15, 0.2) is 0 Å². The number of ether oxygens (including phenoxy) is 1. The third-order valence-corrected chi connectivity index (χ3v) is 5.97. The normalized spacial score (nSPS) is 13.7. The Morgan fingerprint density at radius 3 is 2.00 bits per heavy atom. The highest BCUT2D eigenvalue weighted by atomic mass is 16.5. The second-order valence-corrected chi connectivity index (χ2v) is 7.53. The molecule has 0 fully saturated rings. The molecule has 1 aliphatic carbocycles. The van der Waals surface area contributed by atoms with Crippen molar-refractivity contribution in [2.24, 2.45) is 0 Å². The summed E-state index contributed by atoms with van der Waals surface area (Å²) in [6, 6.07) is 18.1. The van der Waals surface area contributed by atoms with Gasteiger partial charge in [0.2, 0.25) is 0 Å². The Balaban J connectivity index is 2.00. The molecule has 1 aliphatic rings. The van der Waals surface area contributed by atoms with E-state index in [4.69, 9.17) is 4.74 Å². The number of carboxylic acids is 2. The standard InChI is InChI=1S/C24H22O5/c1-29-17-6-7-18-19-12-15-4-2-3-5-16(15)13-20(19)24(21(18)14-17,10-8-22(25)26)11-9-23(27)28/h2-7,12-14H,8-11H2,1H3,(H,25,26)(H,27,28). The van der Waals surface area contributed by atoms with Gasteiger partial charge in [-0.15, -0.1) is 0 Å². The van der Waals surface area contributed by atoms with Crippen LogP contribution in [0, 0.1) is 0 Å². The first-order valence-corrected chi connectivity index (χ1v) is 9.60. The maximum atomic E-state index is 11.5. The summed E-state index contributed by atoms with van der Waals surface area (Å²) in [5.41, 5.74) is 3.33. The number of carbonyl (C=O) groups is 2. The summed E-state index contributed by atoms with van der Waals surface area (Å²) in [7, 11) is 1.59. The van der Waals surface area contributed by atoms with Crippen LogP contribution in [0.2, 0.25) is 0 Å². The lowest BCUT2D eigenvalue weighted by Crippen LogP contribution is -2.27. The summed E-state index contributed by atoms with van der Waals surface area (Å²) in [5, 5.41) is 20.9. The smallest absolute Gasteiger partial charge is 0.303 e. The predicted octanol–water partition coefficient (Wildman–Crippen LogP) is 4.84. The van der Waals surface area contributed by atoms with Crippen molar-refractivity contribution in [3.05, 3.63) is 65.7 Å². The van der Waals surface area contributed by atoms with Crippen LogP contribution in [-0.2, 0) is 15.0 Å². The molecule has 0 heterocycles. The maximum absolute atomic E-state index is 11.5. The molecule has 0 spiro atoms. The van der Waals surface area contributed by atoms with E-state index in [1.54, 1.807) is 7.11 Å². The quantitative estimate of drug-likeness (QED) is 0.603. The minimum atomic E-state index is -0.890. The molecule has 4 rings (SSSR count). The van der Waals surface area contributed by atoms with E-state index in [9.17, 15) is 19.8 Å². The van der Waals surface area contributed by atoms with Crippen LogP contribution in [-0.4, -0.2) is 29.3 Å². The van der Waals surface area contributed by atoms with E-state index >= 15 is 0 Å². The van der Waals surface area contributed by atoms with Crippen LogP contribution in [0.5, 0.6) is 5.75 Å². The zero-order valence-electron chi connectivity index (χ0n) is 16.1. The SMILES string of the molecule is COc1ccc2c(c1)C(CCC(=O)O)(CCC(=O)O)c1cc3ccccc3cc1-2. The van der Waals surface area contributed by atoms with Gasteiger partial charge in [-0.1, -0.05) is 30.3 Å². The molecule has 0 saturated heterocycles. The fraction of sp³-hybridized carbons (Fsp3) is 0.250. The maximum Gasteiger partial charge on any atom is 0.303 e. The van der Waals surface area contributed by atoms with Crippen LogP contribution in [0.15, 0.2) is 54.6 Å². The summed E-state index contributed by atoms with van der Waals surface area (Å²) in [6.07, 6.45) is 0.591. The number of rotatable bonds is 7. The van der Waals surface area contributed by atoms with Gasteiger partial charge in [-0.05, 0) is 70.1 Å². The van der Waals surface area contributed by atoms with Crippen molar-refractivity contribution in [3.8, 4) is 16.9 Å². The molecule has 0 bridgehead atoms. The molecule has 0 aromatic heterocycles. The highest BCUT2D eigenvalue weighted by molar-refractivity contribution is 5.94. The van der Waals surface area contributed by atoms with Gasteiger partial charge in [0, 0.05) is 18.3 Å². The minimum Gasteiger partial charge on any atom is -0.497 e. The third-order valence-electron chi connectivity index (χ3n) is 5.97. The highest BCUT2D eigenvalue weighted by Gasteiger charge is 2.43. The molecule has 0 amide bonds. The zero-order chi connectivity index (χ0) is 20.6. The molecular weight excluding hydrogens is 368 g/mol. The molecule has 3 aromatic rings. The van der Waals surface area contributed by atoms with E-state index in [1.165, 1.54) is 0 Å². The fourth-order valence-corrected chi connectivity index (χ4v) is 4.59. The number of fused-ring (bicyclic) bond motifs is 4. The van der Waals surface area contributed by atoms with E-state index in [-0.39, 0.29) is 12.8 Å². The molecule has 0 saturated carbocycles. The van der Waals surface area contributed by atoms with E-state index in [1.807, 2.05) is 42.5 Å². The number of benzene rings is 3. The van der Waals surface area contributed by atoms with Gasteiger partial charge in [0.1, 0.15) is 5.75 Å². The third kappa shape index (κ3) is 3.23. The van der Waals surface area contributed by atoms with E-state index in [0.717, 1.165) is 33.0 Å². The second-order valence-electron chi connectivity index (χ2n) is 7.53. The summed E-state index contributed by atoms with van der Waals surface area (Å²) >= 11 is 0. The molecule has 29 heavy (non-hydrogen) atoms. The molecule has 2 N–H and O–H groups in total. The molecule has 148 valence electrons. The molecule has 5 heteroatoms. The van der Waals surface area contributed by atoms with Gasteiger partial charge in [-0.2, -0.15) is 0 Å². The summed E-state index contributed by atoms with van der Waals surface area (Å²) in [5.74, 6) is -1.10. The van der Waals surface area contributed by atoms with Gasteiger partial charge >= 0.3 is 11.9 Å². The average molecular weight is 390 g/mol. The van der Waals surface area contributed by atoms with Crippen LogP contribution in [0.4, 0.5) is 0 Å². The lowest BCUT2D eigenvalue weighted by Gasteiger charge is -2.32. The Labute approximate surface area is 168 Å². The van der Waals surface area contributed by atoms with Crippen LogP contribution >= 0.6 is 0 Å². The first-order valence-electron chi connectivity index (χ1n) is 9.60. The molecule has 0 radical (unpaired) electrons. The number of carboxylic acid groups (broad SMARTS) is 2. The number of hydrogen-bond donors (Lipinski definition) is 2. The Hall–Kier alpha value is -3.34. The first kappa shape index (κ1) is 19.0. The second kappa shape index (κ2) is 7.24. The van der Waals surface area contributed by atoms with E-state index in [0.29, 0.717) is 18.6 Å². The van der Waals surface area contributed by atoms with Gasteiger partial charge in [0.05, 0.1) is 7.11 Å². The predicted molar refractivity (Wildman–Crippen MR) is 110 cm³/mol. The Bertz CT molecular complexity index is 1100. The molecule has 0 aliphatic heterocycles. The number of aliphatic carboxylic acids is 2. The van der Waals surface area contributed by atoms with E-state index in [2.05, 4.69) is 12.1 Å². The summed E-state index contributed by atoms with van der Waals surface area (Å²) in [4.78, 5) is 22.9. The van der Waals surface area contributed by atoms with Gasteiger partial charge in [-0.3, -0.25) is 9.59 Å². The first-order chi connectivity index (χ1) is 13.9. The van der Waals surface area contributed by atoms with Crippen molar-refractivity contribution in [3.63, 3.8) is 0 Å². The lowest BCUT2D eigenvalue weighted by atomic mass is 9.71. The van der Waals surface area contributed by atoms with Gasteiger partial charge < -0.3 is 14.9 Å². The molecule has 5 nitrogen and oxygen atoms in total. The van der Waals surface area contributed by atoms with Crippen LogP contribution < -0.4 is 4.74 Å². The molecule has 0 atom stereocenters. The van der Waals surface area contributed by atoms with Crippen LogP contribution in [0.1, 0.15) is 36.8 Å².